The van der Waals surface area contributed by atoms with Crippen LogP contribution in [0.4, 0.5) is 0 Å². The van der Waals surface area contributed by atoms with Crippen molar-refractivity contribution in [2.75, 3.05) is 12.8 Å². The fraction of sp³-hybridized carbons (Fsp3) is 0.357. The van der Waals surface area contributed by atoms with Gasteiger partial charge in [0.15, 0.2) is 0 Å². The van der Waals surface area contributed by atoms with E-state index in [9.17, 15) is 0 Å². The molecule has 4 heteroatoms. The summed E-state index contributed by atoms with van der Waals surface area (Å²) < 4.78 is 12.0. The van der Waals surface area contributed by atoms with Crippen LogP contribution in [0.5, 0.6) is 0 Å². The van der Waals surface area contributed by atoms with Crippen LogP contribution in [0.3, 0.4) is 0 Å². The molecule has 3 aromatic rings. The summed E-state index contributed by atoms with van der Waals surface area (Å²) >= 11 is 4.53. The third kappa shape index (κ3) is 4.87. The average molecular weight is 513 g/mol. The molecule has 0 aromatic heterocycles. The van der Waals surface area contributed by atoms with E-state index in [1.165, 1.54) is 22.3 Å². The quantitative estimate of drug-likeness (QED) is 0.303. The number of ether oxygens (including phenoxy) is 2. The van der Waals surface area contributed by atoms with Gasteiger partial charge in [-0.2, -0.15) is 0 Å². The molecule has 1 aliphatic heterocycles. The van der Waals surface area contributed by atoms with Gasteiger partial charge in [0.25, 0.3) is 0 Å². The molecule has 0 spiro atoms. The SMILES string of the molecule is CC(CCCP(Br)(c1ccccc1)(c1ccccc1)c1ccccc1)OC1CCCCO1. The molecule has 0 bridgehead atoms. The zero-order valence-electron chi connectivity index (χ0n) is 18.9. The molecule has 1 saturated heterocycles. The van der Waals surface area contributed by atoms with Crippen LogP contribution in [0.2, 0.25) is 0 Å². The van der Waals surface area contributed by atoms with E-state index in [0.717, 1.165) is 38.5 Å². The summed E-state index contributed by atoms with van der Waals surface area (Å²) in [5, 5.41) is 1.29. The standard InChI is InChI=1S/C28H34BrO2P/c1-24(31-28-21-11-12-22-30-28)14-13-23-32(29,25-15-5-2-6-16-25,26-17-7-3-8-18-26)27-19-9-4-10-20-27/h2-10,15-20,24,28H,11-14,21-23H2,1H3. The van der Waals surface area contributed by atoms with Crippen molar-refractivity contribution in [3.63, 3.8) is 0 Å². The molecular weight excluding hydrogens is 479 g/mol. The van der Waals surface area contributed by atoms with Gasteiger partial charge in [0, 0.05) is 0 Å². The zero-order chi connectivity index (χ0) is 22.3. The second-order valence-electron chi connectivity index (χ2n) is 8.80. The van der Waals surface area contributed by atoms with Gasteiger partial charge in [0.05, 0.1) is 0 Å². The Kier molecular flexibility index (Phi) is 7.84. The molecule has 0 amide bonds. The maximum atomic E-state index is 6.23. The molecule has 1 fully saturated rings. The first-order chi connectivity index (χ1) is 15.6. The van der Waals surface area contributed by atoms with Gasteiger partial charge in [-0.1, -0.05) is 0 Å². The summed E-state index contributed by atoms with van der Waals surface area (Å²) in [5.41, 5.74) is 0. The van der Waals surface area contributed by atoms with Gasteiger partial charge < -0.3 is 0 Å². The summed E-state index contributed by atoms with van der Waals surface area (Å²) in [7, 11) is 0. The van der Waals surface area contributed by atoms with Crippen LogP contribution in [0.15, 0.2) is 91.0 Å². The van der Waals surface area contributed by atoms with Gasteiger partial charge in [-0.25, -0.2) is 0 Å². The monoisotopic (exact) mass is 512 g/mol. The summed E-state index contributed by atoms with van der Waals surface area (Å²) in [6.07, 6.45) is 6.63. The van der Waals surface area contributed by atoms with E-state index in [1.54, 1.807) is 0 Å². The number of halogens is 1. The normalized spacial score (nSPS) is 19.1. The van der Waals surface area contributed by atoms with E-state index in [0.29, 0.717) is 0 Å². The Morgan fingerprint density at radius 2 is 1.34 bits per heavy atom. The van der Waals surface area contributed by atoms with Gasteiger partial charge in [-0.05, 0) is 0 Å². The van der Waals surface area contributed by atoms with Crippen molar-refractivity contribution in [2.45, 2.75) is 51.4 Å². The molecule has 0 radical (unpaired) electrons. The maximum absolute atomic E-state index is 6.23. The van der Waals surface area contributed by atoms with Gasteiger partial charge in [0.1, 0.15) is 0 Å². The summed E-state index contributed by atoms with van der Waals surface area (Å²) in [4.78, 5) is 0. The summed E-state index contributed by atoms with van der Waals surface area (Å²) in [5.74, 6) is 0. The van der Waals surface area contributed by atoms with Gasteiger partial charge in [0.2, 0.25) is 0 Å². The van der Waals surface area contributed by atoms with Crippen LogP contribution in [-0.2, 0) is 9.47 Å². The molecule has 2 nitrogen and oxygen atoms in total. The van der Waals surface area contributed by atoms with Crippen LogP contribution in [0, 0.1) is 0 Å². The second kappa shape index (κ2) is 10.6. The molecule has 32 heavy (non-hydrogen) atoms. The van der Waals surface area contributed by atoms with Crippen molar-refractivity contribution in [3.8, 4) is 0 Å². The van der Waals surface area contributed by atoms with Crippen molar-refractivity contribution in [1.29, 1.82) is 0 Å². The predicted molar refractivity (Wildman–Crippen MR) is 142 cm³/mol. The topological polar surface area (TPSA) is 18.5 Å². The first kappa shape index (κ1) is 23.6. The molecule has 0 aliphatic carbocycles. The molecule has 1 heterocycles. The fourth-order valence-electron chi connectivity index (χ4n) is 4.87. The Balaban J connectivity index is 1.66. The molecule has 1 aliphatic rings. The van der Waals surface area contributed by atoms with Crippen LogP contribution in [0.1, 0.15) is 39.0 Å². The van der Waals surface area contributed by atoms with Crippen LogP contribution >= 0.6 is 20.8 Å². The summed E-state index contributed by atoms with van der Waals surface area (Å²) in [6.45, 7) is 3.01. The zero-order valence-corrected chi connectivity index (χ0v) is 21.4. The molecule has 2 atom stereocenters. The minimum absolute atomic E-state index is 0.0321. The van der Waals surface area contributed by atoms with Crippen molar-refractivity contribution < 1.29 is 9.47 Å². The second-order valence-corrected chi connectivity index (χ2v) is 17.9. The van der Waals surface area contributed by atoms with Crippen LogP contribution in [-0.4, -0.2) is 25.2 Å². The van der Waals surface area contributed by atoms with Gasteiger partial charge in [-0.3, -0.25) is 0 Å². The van der Waals surface area contributed by atoms with Crippen molar-refractivity contribution in [3.05, 3.63) is 91.0 Å². The number of rotatable bonds is 9. The van der Waals surface area contributed by atoms with Gasteiger partial charge in [-0.15, -0.1) is 0 Å². The van der Waals surface area contributed by atoms with E-state index in [4.69, 9.17) is 9.47 Å². The van der Waals surface area contributed by atoms with Crippen molar-refractivity contribution >= 4 is 36.7 Å². The number of benzene rings is 3. The molecule has 2 unspecified atom stereocenters. The Bertz CT molecular complexity index is 859. The molecule has 170 valence electrons. The number of hydrogen-bond acceptors (Lipinski definition) is 2. The first-order valence-electron chi connectivity index (χ1n) is 11.8. The Morgan fingerprint density at radius 3 is 1.78 bits per heavy atom. The van der Waals surface area contributed by atoms with E-state index in [2.05, 4.69) is 113 Å². The Hall–Kier alpha value is -1.51. The van der Waals surface area contributed by atoms with Gasteiger partial charge >= 0.3 is 201 Å². The Labute approximate surface area is 201 Å². The van der Waals surface area contributed by atoms with Crippen molar-refractivity contribution in [2.24, 2.45) is 0 Å². The third-order valence-corrected chi connectivity index (χ3v) is 16.6. The average Bonchev–Trinajstić information content (AvgIpc) is 2.86. The van der Waals surface area contributed by atoms with E-state index in [1.807, 2.05) is 0 Å². The summed E-state index contributed by atoms with van der Waals surface area (Å²) in [6, 6.07) is 33.1. The third-order valence-electron chi connectivity index (χ3n) is 6.59. The fourth-order valence-corrected chi connectivity index (χ4v) is 12.6. The molecule has 3 aromatic carbocycles. The molecule has 4 rings (SSSR count). The van der Waals surface area contributed by atoms with E-state index in [-0.39, 0.29) is 12.4 Å². The minimum atomic E-state index is -2.83. The van der Waals surface area contributed by atoms with E-state index >= 15 is 0 Å². The molecule has 0 saturated carbocycles. The Morgan fingerprint density at radius 1 is 0.844 bits per heavy atom. The molecule has 0 N–H and O–H groups in total. The van der Waals surface area contributed by atoms with Crippen LogP contribution < -0.4 is 15.9 Å². The van der Waals surface area contributed by atoms with E-state index < -0.39 is 5.31 Å². The molecular formula is C28H34BrO2P. The number of hydrogen-bond donors (Lipinski definition) is 0. The van der Waals surface area contributed by atoms with Crippen molar-refractivity contribution in [1.82, 2.24) is 0 Å². The van der Waals surface area contributed by atoms with Crippen LogP contribution in [0.25, 0.3) is 0 Å². The predicted octanol–water partition coefficient (Wildman–Crippen LogP) is 6.54. The first-order valence-corrected chi connectivity index (χ1v) is 16.2.